The number of fused-ring (bicyclic) bond motifs is 1. The summed E-state index contributed by atoms with van der Waals surface area (Å²) in [5, 5.41) is 3.17. The van der Waals surface area contributed by atoms with E-state index in [1.165, 1.54) is 10.6 Å². The van der Waals surface area contributed by atoms with Gasteiger partial charge in [-0.15, -0.1) is 0 Å². The lowest BCUT2D eigenvalue weighted by molar-refractivity contribution is -0.137. The fraction of sp³-hybridized carbons (Fsp3) is 0.435. The van der Waals surface area contributed by atoms with Crippen LogP contribution >= 0.6 is 0 Å². The van der Waals surface area contributed by atoms with Crippen molar-refractivity contribution in [2.75, 3.05) is 19.6 Å². The summed E-state index contributed by atoms with van der Waals surface area (Å²) in [7, 11) is 0. The molecule has 5 heterocycles. The third-order valence-corrected chi connectivity index (χ3v) is 6.43. The van der Waals surface area contributed by atoms with Crippen LogP contribution in [0.4, 0.5) is 0 Å². The van der Waals surface area contributed by atoms with E-state index in [1.54, 1.807) is 24.2 Å². The second-order valence-electron chi connectivity index (χ2n) is 8.80. The number of H-pyrrole nitrogens is 1. The summed E-state index contributed by atoms with van der Waals surface area (Å²) >= 11 is 0. The van der Waals surface area contributed by atoms with E-state index in [0.717, 1.165) is 24.1 Å². The molecule has 3 aromatic rings. The van der Waals surface area contributed by atoms with Crippen molar-refractivity contribution in [2.24, 2.45) is 5.92 Å². The van der Waals surface area contributed by atoms with Gasteiger partial charge in [0.1, 0.15) is 0 Å². The van der Waals surface area contributed by atoms with Crippen LogP contribution in [0.25, 0.3) is 5.65 Å². The number of amides is 2. The van der Waals surface area contributed by atoms with Gasteiger partial charge in [-0.05, 0) is 31.4 Å². The molecule has 2 atom stereocenters. The van der Waals surface area contributed by atoms with Gasteiger partial charge in [-0.25, -0.2) is 9.50 Å². The minimum Gasteiger partial charge on any atom is -0.342 e. The predicted octanol–water partition coefficient (Wildman–Crippen LogP) is 1.48. The lowest BCUT2D eigenvalue weighted by Crippen LogP contribution is -2.43. The highest BCUT2D eigenvalue weighted by Gasteiger charge is 2.38. The number of pyridine rings is 1. The number of rotatable bonds is 4. The van der Waals surface area contributed by atoms with Crippen molar-refractivity contribution in [3.05, 3.63) is 64.0 Å². The molecule has 0 spiro atoms. The number of piperidine rings is 1. The first kappa shape index (κ1) is 20.4. The van der Waals surface area contributed by atoms with Crippen LogP contribution in [0, 0.1) is 12.8 Å². The first-order valence-corrected chi connectivity index (χ1v) is 11.0. The van der Waals surface area contributed by atoms with Crippen molar-refractivity contribution in [1.29, 1.82) is 0 Å². The van der Waals surface area contributed by atoms with Crippen molar-refractivity contribution >= 4 is 17.5 Å². The van der Waals surface area contributed by atoms with Crippen LogP contribution in [0.1, 0.15) is 42.1 Å². The summed E-state index contributed by atoms with van der Waals surface area (Å²) in [4.78, 5) is 50.1. The van der Waals surface area contributed by atoms with Gasteiger partial charge in [0.15, 0.2) is 5.65 Å². The third kappa shape index (κ3) is 3.90. The number of carbonyl (C=O) groups excluding carboxylic acids is 2. The molecule has 5 rings (SSSR count). The molecule has 9 nitrogen and oxygen atoms in total. The molecule has 2 amide bonds. The maximum atomic E-state index is 13.2. The normalized spacial score (nSPS) is 21.5. The maximum Gasteiger partial charge on any atom is 0.272 e. The van der Waals surface area contributed by atoms with Gasteiger partial charge in [0.25, 0.3) is 5.56 Å². The molecule has 2 saturated heterocycles. The molecule has 0 bridgehead atoms. The van der Waals surface area contributed by atoms with Crippen LogP contribution in [0.2, 0.25) is 0 Å². The Kier molecular flexibility index (Phi) is 5.24. The highest BCUT2D eigenvalue weighted by atomic mass is 16.2. The second kappa shape index (κ2) is 8.22. The smallest absolute Gasteiger partial charge is 0.272 e. The van der Waals surface area contributed by atoms with Crippen LogP contribution in [0.5, 0.6) is 0 Å². The van der Waals surface area contributed by atoms with Crippen molar-refractivity contribution in [2.45, 2.75) is 38.6 Å². The van der Waals surface area contributed by atoms with Gasteiger partial charge < -0.3 is 9.80 Å². The molecule has 0 radical (unpaired) electrons. The molecule has 1 N–H and O–H groups in total. The van der Waals surface area contributed by atoms with Gasteiger partial charge in [-0.3, -0.25) is 24.5 Å². The molecule has 0 saturated carbocycles. The average Bonchev–Trinajstić information content (AvgIpc) is 3.38. The number of hydrogen-bond donors (Lipinski definition) is 1. The molecule has 2 fully saturated rings. The minimum absolute atomic E-state index is 0.0113. The van der Waals surface area contributed by atoms with Crippen molar-refractivity contribution < 1.29 is 9.59 Å². The van der Waals surface area contributed by atoms with Gasteiger partial charge in [0.2, 0.25) is 11.8 Å². The standard InChI is InChI=1S/C23H26N6O3/c1-15-8-22(31)29-20(25-15)10-19(26-29)17-5-3-7-27(13-17)23(32)18-9-21(30)28(14-18)12-16-4-2-6-24-11-16/h2,4,6,8,10-11,17-18,26H,3,5,7,9,12-14H2,1H3. The Balaban J connectivity index is 1.27. The van der Waals surface area contributed by atoms with Crippen molar-refractivity contribution in [3.8, 4) is 0 Å². The van der Waals surface area contributed by atoms with E-state index in [4.69, 9.17) is 0 Å². The summed E-state index contributed by atoms with van der Waals surface area (Å²) < 4.78 is 1.45. The average molecular weight is 435 g/mol. The topological polar surface area (TPSA) is 104 Å². The molecule has 9 heteroatoms. The highest BCUT2D eigenvalue weighted by Crippen LogP contribution is 2.29. The highest BCUT2D eigenvalue weighted by molar-refractivity contribution is 5.89. The van der Waals surface area contributed by atoms with Crippen LogP contribution in [0.3, 0.4) is 0 Å². The van der Waals surface area contributed by atoms with Crippen LogP contribution < -0.4 is 5.56 Å². The Hall–Kier alpha value is -3.49. The lowest BCUT2D eigenvalue weighted by atomic mass is 9.93. The molecule has 2 aliphatic rings. The van der Waals surface area contributed by atoms with E-state index < -0.39 is 0 Å². The molecule has 0 aliphatic carbocycles. The first-order valence-electron chi connectivity index (χ1n) is 11.0. The summed E-state index contributed by atoms with van der Waals surface area (Å²) in [6, 6.07) is 7.19. The first-order chi connectivity index (χ1) is 15.5. The van der Waals surface area contributed by atoms with E-state index in [1.807, 2.05) is 23.1 Å². The summed E-state index contributed by atoms with van der Waals surface area (Å²) in [5.41, 5.74) is 3.02. The van der Waals surface area contributed by atoms with Crippen LogP contribution in [0.15, 0.2) is 41.5 Å². The van der Waals surface area contributed by atoms with Crippen molar-refractivity contribution in [1.82, 2.24) is 29.4 Å². The molecule has 2 aliphatic heterocycles. The summed E-state index contributed by atoms with van der Waals surface area (Å²) in [6.45, 7) is 4.00. The molecular weight excluding hydrogens is 408 g/mol. The predicted molar refractivity (Wildman–Crippen MR) is 117 cm³/mol. The number of hydrogen-bond acceptors (Lipinski definition) is 5. The van der Waals surface area contributed by atoms with Gasteiger partial charge in [-0.1, -0.05) is 6.07 Å². The van der Waals surface area contributed by atoms with Crippen LogP contribution in [-0.4, -0.2) is 60.8 Å². The number of aromatic nitrogens is 4. The quantitative estimate of drug-likeness (QED) is 0.670. The maximum absolute atomic E-state index is 13.2. The number of nitrogens with zero attached hydrogens (tertiary/aromatic N) is 5. The lowest BCUT2D eigenvalue weighted by Gasteiger charge is -2.33. The van der Waals surface area contributed by atoms with Gasteiger partial charge >= 0.3 is 0 Å². The Morgan fingerprint density at radius 1 is 1.25 bits per heavy atom. The largest absolute Gasteiger partial charge is 0.342 e. The number of likely N-dealkylation sites (tertiary alicyclic amines) is 2. The van der Waals surface area contributed by atoms with E-state index >= 15 is 0 Å². The monoisotopic (exact) mass is 434 g/mol. The Morgan fingerprint density at radius 3 is 2.94 bits per heavy atom. The summed E-state index contributed by atoms with van der Waals surface area (Å²) in [5.74, 6) is -0.151. The minimum atomic E-state index is -0.312. The van der Waals surface area contributed by atoms with E-state index in [0.29, 0.717) is 37.5 Å². The molecule has 2 unspecified atom stereocenters. The fourth-order valence-corrected chi connectivity index (χ4v) is 4.83. The second-order valence-corrected chi connectivity index (χ2v) is 8.80. The molecule has 166 valence electrons. The fourth-order valence-electron chi connectivity index (χ4n) is 4.83. The van der Waals surface area contributed by atoms with Gasteiger partial charge in [0, 0.05) is 74.4 Å². The Labute approximate surface area is 185 Å². The summed E-state index contributed by atoms with van der Waals surface area (Å²) in [6.07, 6.45) is 5.52. The van der Waals surface area contributed by atoms with E-state index in [-0.39, 0.29) is 35.6 Å². The molecule has 3 aromatic heterocycles. The van der Waals surface area contributed by atoms with Gasteiger partial charge in [-0.2, -0.15) is 0 Å². The zero-order valence-corrected chi connectivity index (χ0v) is 18.0. The number of aryl methyl sites for hydroxylation is 1. The number of aromatic amines is 1. The third-order valence-electron chi connectivity index (χ3n) is 6.43. The molecule has 32 heavy (non-hydrogen) atoms. The molecular formula is C23H26N6O3. The van der Waals surface area contributed by atoms with Crippen molar-refractivity contribution in [3.63, 3.8) is 0 Å². The van der Waals surface area contributed by atoms with Crippen LogP contribution in [-0.2, 0) is 16.1 Å². The zero-order chi connectivity index (χ0) is 22.2. The van der Waals surface area contributed by atoms with E-state index in [2.05, 4.69) is 15.1 Å². The Morgan fingerprint density at radius 2 is 2.12 bits per heavy atom. The zero-order valence-electron chi connectivity index (χ0n) is 18.0. The molecule has 0 aromatic carbocycles. The number of nitrogens with one attached hydrogen (secondary N) is 1. The number of carbonyl (C=O) groups is 2. The van der Waals surface area contributed by atoms with E-state index in [9.17, 15) is 14.4 Å². The van der Waals surface area contributed by atoms with Gasteiger partial charge in [0.05, 0.1) is 5.92 Å². The SMILES string of the molecule is Cc1cc(=O)n2[nH]c(C3CCCN(C(=O)C4CC(=O)N(Cc5cccnc5)C4)C3)cc2n1. The Bertz CT molecular complexity index is 1220.